The minimum atomic E-state index is -0.298. The molecule has 0 amide bonds. The molecule has 0 radical (unpaired) electrons. The van der Waals surface area contributed by atoms with Gasteiger partial charge in [-0.15, -0.1) is 9.24 Å². The first kappa shape index (κ1) is 12.1. The van der Waals surface area contributed by atoms with Gasteiger partial charge in [-0.1, -0.05) is 18.2 Å². The summed E-state index contributed by atoms with van der Waals surface area (Å²) in [5, 5.41) is 12.2. The van der Waals surface area contributed by atoms with Gasteiger partial charge in [-0.25, -0.2) is 4.39 Å². The summed E-state index contributed by atoms with van der Waals surface area (Å²) >= 11 is 0. The molecule has 3 aromatic rings. The number of aromatic hydroxyl groups is 1. The molecule has 0 aliphatic carbocycles. The van der Waals surface area contributed by atoms with E-state index in [4.69, 9.17) is 0 Å². The summed E-state index contributed by atoms with van der Waals surface area (Å²) < 4.78 is 13.0. The summed E-state index contributed by atoms with van der Waals surface area (Å²) in [6.07, 6.45) is 1.64. The highest BCUT2D eigenvalue weighted by Crippen LogP contribution is 2.34. The maximum absolute atomic E-state index is 13.0. The van der Waals surface area contributed by atoms with Crippen LogP contribution in [0, 0.1) is 5.82 Å². The van der Waals surface area contributed by atoms with Crippen molar-refractivity contribution in [3.8, 4) is 16.9 Å². The molecule has 1 N–H and O–H groups in total. The van der Waals surface area contributed by atoms with Crippen molar-refractivity contribution in [2.75, 3.05) is 0 Å². The third-order valence-corrected chi connectivity index (χ3v) is 3.53. The van der Waals surface area contributed by atoms with E-state index in [-0.39, 0.29) is 11.6 Å². The molecule has 19 heavy (non-hydrogen) atoms. The fourth-order valence-electron chi connectivity index (χ4n) is 2.11. The van der Waals surface area contributed by atoms with Crippen LogP contribution < -0.4 is 5.30 Å². The Morgan fingerprint density at radius 3 is 2.58 bits per heavy atom. The average molecular weight is 271 g/mol. The van der Waals surface area contributed by atoms with Crippen LogP contribution in [0.4, 0.5) is 4.39 Å². The number of benzene rings is 2. The maximum Gasteiger partial charge on any atom is 0.149 e. The molecule has 0 aliphatic heterocycles. The molecular weight excluding hydrogens is 260 g/mol. The van der Waals surface area contributed by atoms with Gasteiger partial charge in [-0.3, -0.25) is 4.98 Å². The molecule has 4 heteroatoms. The first-order valence-corrected chi connectivity index (χ1v) is 6.36. The van der Waals surface area contributed by atoms with Gasteiger partial charge < -0.3 is 5.11 Å². The average Bonchev–Trinajstić information content (AvgIpc) is 2.44. The standard InChI is InChI=1S/C15H11FNOP/c16-10-5-3-9(4-6-10)12-8-13(19)11-2-1-7-17-14(11)15(12)18/h1-8,18H,19H2. The van der Waals surface area contributed by atoms with Gasteiger partial charge in [0.05, 0.1) is 0 Å². The Kier molecular flexibility index (Phi) is 2.92. The zero-order valence-corrected chi connectivity index (χ0v) is 11.1. The maximum atomic E-state index is 13.0. The Bertz CT molecular complexity index is 756. The van der Waals surface area contributed by atoms with Crippen molar-refractivity contribution in [2.45, 2.75) is 0 Å². The molecule has 0 bridgehead atoms. The summed E-state index contributed by atoms with van der Waals surface area (Å²) in [7, 11) is 2.64. The first-order valence-electron chi connectivity index (χ1n) is 5.79. The van der Waals surface area contributed by atoms with Crippen LogP contribution in [0.25, 0.3) is 22.0 Å². The van der Waals surface area contributed by atoms with Gasteiger partial charge in [0.1, 0.15) is 17.1 Å². The molecule has 1 aromatic heterocycles. The molecular formula is C15H11FNOP. The summed E-state index contributed by atoms with van der Waals surface area (Å²) in [4.78, 5) is 4.21. The molecule has 0 saturated heterocycles. The number of fused-ring (bicyclic) bond motifs is 1. The topological polar surface area (TPSA) is 33.1 Å². The van der Waals surface area contributed by atoms with Crippen molar-refractivity contribution in [1.82, 2.24) is 4.98 Å². The van der Waals surface area contributed by atoms with Crippen molar-refractivity contribution in [3.05, 3.63) is 54.5 Å². The molecule has 0 aliphatic rings. The van der Waals surface area contributed by atoms with Crippen LogP contribution in [0.2, 0.25) is 0 Å². The van der Waals surface area contributed by atoms with Crippen LogP contribution >= 0.6 is 9.24 Å². The monoisotopic (exact) mass is 271 g/mol. The summed E-state index contributed by atoms with van der Waals surface area (Å²) in [5.41, 5.74) is 1.96. The second-order valence-corrected chi connectivity index (χ2v) is 4.89. The lowest BCUT2D eigenvalue weighted by atomic mass is 10.0. The van der Waals surface area contributed by atoms with Gasteiger partial charge in [0.2, 0.25) is 0 Å². The van der Waals surface area contributed by atoms with E-state index in [0.717, 1.165) is 16.3 Å². The lowest BCUT2D eigenvalue weighted by Crippen LogP contribution is -1.97. The summed E-state index contributed by atoms with van der Waals surface area (Å²) in [6, 6.07) is 11.6. The molecule has 2 nitrogen and oxygen atoms in total. The van der Waals surface area contributed by atoms with E-state index in [2.05, 4.69) is 14.2 Å². The number of rotatable bonds is 1. The molecule has 0 fully saturated rings. The summed E-state index contributed by atoms with van der Waals surface area (Å²) in [5.74, 6) is -0.179. The molecule has 0 saturated carbocycles. The fraction of sp³-hybridized carbons (Fsp3) is 0. The number of hydrogen-bond donors (Lipinski definition) is 1. The lowest BCUT2D eigenvalue weighted by molar-refractivity contribution is 0.482. The van der Waals surface area contributed by atoms with E-state index < -0.39 is 0 Å². The molecule has 0 spiro atoms. The summed E-state index contributed by atoms with van der Waals surface area (Å²) in [6.45, 7) is 0. The molecule has 2 aromatic carbocycles. The number of pyridine rings is 1. The van der Waals surface area contributed by atoms with Crippen LogP contribution in [0.5, 0.6) is 5.75 Å². The van der Waals surface area contributed by atoms with E-state index >= 15 is 0 Å². The molecule has 1 atom stereocenters. The van der Waals surface area contributed by atoms with Crippen molar-refractivity contribution in [1.29, 1.82) is 0 Å². The predicted molar refractivity (Wildman–Crippen MR) is 78.1 cm³/mol. The van der Waals surface area contributed by atoms with E-state index in [1.807, 2.05) is 18.2 Å². The van der Waals surface area contributed by atoms with Crippen molar-refractivity contribution in [2.24, 2.45) is 0 Å². The molecule has 1 unspecified atom stereocenters. The van der Waals surface area contributed by atoms with Gasteiger partial charge in [0.25, 0.3) is 0 Å². The third-order valence-electron chi connectivity index (χ3n) is 3.05. The van der Waals surface area contributed by atoms with E-state index in [1.54, 1.807) is 18.3 Å². The number of phenols is 1. The number of nitrogens with zero attached hydrogens (tertiary/aromatic N) is 1. The van der Waals surface area contributed by atoms with Crippen LogP contribution in [-0.2, 0) is 0 Å². The first-order chi connectivity index (χ1) is 9.16. The minimum absolute atomic E-state index is 0.119. The highest BCUT2D eigenvalue weighted by Gasteiger charge is 2.11. The zero-order chi connectivity index (χ0) is 13.4. The second-order valence-electron chi connectivity index (χ2n) is 4.27. The molecule has 3 rings (SSSR count). The van der Waals surface area contributed by atoms with Crippen LogP contribution in [0.15, 0.2) is 48.7 Å². The van der Waals surface area contributed by atoms with Crippen molar-refractivity contribution < 1.29 is 9.50 Å². The van der Waals surface area contributed by atoms with Gasteiger partial charge in [0, 0.05) is 17.1 Å². The SMILES string of the molecule is Oc1c(-c2ccc(F)cc2)cc(P)c2cccnc12. The normalized spacial score (nSPS) is 10.8. The zero-order valence-electron chi connectivity index (χ0n) is 9.97. The fourth-order valence-corrected chi connectivity index (χ4v) is 2.51. The predicted octanol–water partition coefficient (Wildman–Crippen LogP) is 3.25. The highest BCUT2D eigenvalue weighted by molar-refractivity contribution is 7.28. The van der Waals surface area contributed by atoms with E-state index in [0.29, 0.717) is 11.1 Å². The molecule has 1 heterocycles. The highest BCUT2D eigenvalue weighted by atomic mass is 31.0. The Hall–Kier alpha value is -1.99. The minimum Gasteiger partial charge on any atom is -0.505 e. The number of halogens is 1. The quantitative estimate of drug-likeness (QED) is 0.689. The Morgan fingerprint density at radius 1 is 1.11 bits per heavy atom. The van der Waals surface area contributed by atoms with Gasteiger partial charge in [-0.2, -0.15) is 0 Å². The van der Waals surface area contributed by atoms with E-state index in [1.165, 1.54) is 12.1 Å². The smallest absolute Gasteiger partial charge is 0.149 e. The van der Waals surface area contributed by atoms with Gasteiger partial charge >= 0.3 is 0 Å². The number of phenolic OH excluding ortho intramolecular Hbond substituents is 1. The largest absolute Gasteiger partial charge is 0.505 e. The van der Waals surface area contributed by atoms with Crippen LogP contribution in [0.3, 0.4) is 0 Å². The second kappa shape index (κ2) is 4.60. The van der Waals surface area contributed by atoms with Gasteiger partial charge in [0.15, 0.2) is 0 Å². The lowest BCUT2D eigenvalue weighted by Gasteiger charge is -2.10. The Morgan fingerprint density at radius 2 is 1.84 bits per heavy atom. The van der Waals surface area contributed by atoms with Crippen molar-refractivity contribution in [3.63, 3.8) is 0 Å². The van der Waals surface area contributed by atoms with Crippen LogP contribution in [-0.4, -0.2) is 10.1 Å². The third kappa shape index (κ3) is 2.06. The number of hydrogen-bond acceptors (Lipinski definition) is 2. The van der Waals surface area contributed by atoms with E-state index in [9.17, 15) is 9.50 Å². The number of aromatic nitrogens is 1. The van der Waals surface area contributed by atoms with Gasteiger partial charge in [-0.05, 0) is 35.1 Å². The molecule has 94 valence electrons. The van der Waals surface area contributed by atoms with Crippen LogP contribution in [0.1, 0.15) is 0 Å². The Labute approximate surface area is 112 Å². The Balaban J connectivity index is 2.30. The van der Waals surface area contributed by atoms with Crippen molar-refractivity contribution >= 4 is 25.4 Å².